The molecule has 3 atom stereocenters. The van der Waals surface area contributed by atoms with Gasteiger partial charge >= 0.3 is 5.97 Å². The number of hydrogen-bond acceptors (Lipinski definition) is 8. The summed E-state index contributed by atoms with van der Waals surface area (Å²) in [6, 6.07) is 7.55. The zero-order valence-corrected chi connectivity index (χ0v) is 21.6. The maximum absolute atomic E-state index is 11.6. The first kappa shape index (κ1) is 25.9. The van der Waals surface area contributed by atoms with E-state index in [0.717, 1.165) is 71.2 Å². The number of carboxylic acids is 1. The monoisotopic (exact) mass is 515 g/mol. The highest BCUT2D eigenvalue weighted by atomic mass is 32.2. The summed E-state index contributed by atoms with van der Waals surface area (Å²) in [6.07, 6.45) is 6.55. The lowest BCUT2D eigenvalue weighted by molar-refractivity contribution is -0.139. The molecule has 1 fully saturated rings. The Morgan fingerprint density at radius 1 is 1.29 bits per heavy atom. The van der Waals surface area contributed by atoms with Gasteiger partial charge in [0, 0.05) is 41.9 Å². The largest absolute Gasteiger partial charge is 0.497 e. The third-order valence-corrected chi connectivity index (χ3v) is 8.87. The molecule has 35 heavy (non-hydrogen) atoms. The van der Waals surface area contributed by atoms with Crippen LogP contribution in [0.25, 0.3) is 10.9 Å². The van der Waals surface area contributed by atoms with Crippen LogP contribution in [-0.4, -0.2) is 63.5 Å². The number of fused-ring (bicyclic) bond motifs is 1. The molecular weight excluding hydrogens is 482 g/mol. The van der Waals surface area contributed by atoms with Crippen LogP contribution in [0, 0.1) is 11.8 Å². The average Bonchev–Trinajstić information content (AvgIpc) is 3.38. The lowest BCUT2D eigenvalue weighted by atomic mass is 9.79. The van der Waals surface area contributed by atoms with Crippen molar-refractivity contribution < 1.29 is 19.7 Å². The fraction of sp³-hybridized carbons (Fsp3) is 0.500. The number of aliphatic carboxylic acids is 1. The first-order valence-electron chi connectivity index (χ1n) is 12.1. The van der Waals surface area contributed by atoms with Gasteiger partial charge in [0.05, 0.1) is 18.7 Å². The van der Waals surface area contributed by atoms with E-state index < -0.39 is 12.1 Å². The van der Waals surface area contributed by atoms with E-state index in [2.05, 4.69) is 14.9 Å². The maximum atomic E-state index is 11.6. The third kappa shape index (κ3) is 7.16. The van der Waals surface area contributed by atoms with Crippen LogP contribution in [0.4, 0.5) is 0 Å². The highest BCUT2D eigenvalue weighted by Crippen LogP contribution is 2.35. The zero-order valence-electron chi connectivity index (χ0n) is 20.0. The molecule has 1 aliphatic heterocycles. The van der Waals surface area contributed by atoms with Gasteiger partial charge in [0.15, 0.2) is 0 Å². The number of pyridine rings is 1. The molecule has 9 heteroatoms. The number of likely N-dealkylation sites (tertiary alicyclic amines) is 1. The van der Waals surface area contributed by atoms with Crippen molar-refractivity contribution >= 4 is 40.0 Å². The normalized spacial score (nSPS) is 19.6. The lowest BCUT2D eigenvalue weighted by Crippen LogP contribution is -2.42. The quantitative estimate of drug-likeness (QED) is 0.254. The van der Waals surface area contributed by atoms with Crippen molar-refractivity contribution in [1.82, 2.24) is 14.9 Å². The number of aliphatic hydroxyl groups is 1. The number of carbonyl (C=O) groups is 1. The zero-order chi connectivity index (χ0) is 24.6. The number of thiazole rings is 1. The number of nitrogens with zero attached hydrogens (tertiary/aromatic N) is 3. The van der Waals surface area contributed by atoms with Crippen molar-refractivity contribution in [3.63, 3.8) is 0 Å². The van der Waals surface area contributed by atoms with E-state index in [4.69, 9.17) is 4.74 Å². The number of piperidine rings is 1. The number of benzene rings is 1. The molecule has 3 heterocycles. The molecule has 1 unspecified atom stereocenters. The Bertz CT molecular complexity index is 1100. The van der Waals surface area contributed by atoms with Gasteiger partial charge in [-0.25, -0.2) is 4.98 Å². The fourth-order valence-electron chi connectivity index (χ4n) is 5.02. The third-order valence-electron chi connectivity index (χ3n) is 6.82. The van der Waals surface area contributed by atoms with E-state index >= 15 is 0 Å². The summed E-state index contributed by atoms with van der Waals surface area (Å²) < 4.78 is 6.46. The van der Waals surface area contributed by atoms with Gasteiger partial charge in [-0.15, -0.1) is 11.3 Å². The molecule has 0 amide bonds. The standard InChI is InChI=1S/C26H33N3O4S2/c1-33-20-4-5-23-22(16-20)21(7-9-27-23)24(30)6-3-18-8-12-29(17-19(18)15-25(31)32)11-2-13-34-26-28-10-14-35-26/h4-5,7,9-10,14,16,18-19,24,30H,2-3,6,8,11-13,15,17H2,1H3,(H,31,32)/t18-,19+,24?/m1/s1. The fourth-order valence-corrected chi connectivity index (χ4v) is 6.65. The molecule has 1 aliphatic rings. The number of thioether (sulfide) groups is 1. The summed E-state index contributed by atoms with van der Waals surface area (Å²) in [4.78, 5) is 22.7. The van der Waals surface area contributed by atoms with Crippen molar-refractivity contribution in [3.05, 3.63) is 47.6 Å². The summed E-state index contributed by atoms with van der Waals surface area (Å²) in [7, 11) is 1.63. The van der Waals surface area contributed by atoms with E-state index in [1.165, 1.54) is 0 Å². The van der Waals surface area contributed by atoms with Gasteiger partial charge in [0.25, 0.3) is 0 Å². The van der Waals surface area contributed by atoms with Gasteiger partial charge in [0.2, 0.25) is 0 Å². The van der Waals surface area contributed by atoms with Gasteiger partial charge in [-0.1, -0.05) is 11.8 Å². The van der Waals surface area contributed by atoms with Gasteiger partial charge in [-0.3, -0.25) is 9.78 Å². The van der Waals surface area contributed by atoms with Gasteiger partial charge in [0.1, 0.15) is 10.1 Å². The second-order valence-corrected chi connectivity index (χ2v) is 11.3. The molecule has 0 aliphatic carbocycles. The Kier molecular flexibility index (Phi) is 9.37. The number of ether oxygens (including phenoxy) is 1. The second-order valence-electron chi connectivity index (χ2n) is 9.08. The van der Waals surface area contributed by atoms with Crippen LogP contribution >= 0.6 is 23.1 Å². The summed E-state index contributed by atoms with van der Waals surface area (Å²) in [5, 5.41) is 23.5. The first-order valence-corrected chi connectivity index (χ1v) is 14.0. The molecule has 0 spiro atoms. The molecule has 3 aromatic rings. The minimum atomic E-state index is -0.742. The summed E-state index contributed by atoms with van der Waals surface area (Å²) in [5.41, 5.74) is 1.67. The molecular formula is C26H33N3O4S2. The number of rotatable bonds is 12. The average molecular weight is 516 g/mol. The SMILES string of the molecule is COc1ccc2nccc(C(O)CC[C@@H]3CCN(CCCSc4nccs4)C[C@@H]3CC(=O)O)c2c1. The van der Waals surface area contributed by atoms with E-state index in [1.54, 1.807) is 36.4 Å². The number of hydrogen-bond donors (Lipinski definition) is 2. The Hall–Kier alpha value is -2.20. The molecule has 1 aromatic carbocycles. The van der Waals surface area contributed by atoms with Crippen LogP contribution in [0.5, 0.6) is 5.75 Å². The van der Waals surface area contributed by atoms with Crippen LogP contribution in [0.2, 0.25) is 0 Å². The number of aromatic nitrogens is 2. The molecule has 2 aromatic heterocycles. The molecule has 7 nitrogen and oxygen atoms in total. The first-order chi connectivity index (χ1) is 17.0. The smallest absolute Gasteiger partial charge is 0.303 e. The van der Waals surface area contributed by atoms with Crippen LogP contribution < -0.4 is 4.74 Å². The molecule has 0 bridgehead atoms. The molecule has 188 valence electrons. The van der Waals surface area contributed by atoms with E-state index in [-0.39, 0.29) is 12.3 Å². The van der Waals surface area contributed by atoms with Crippen molar-refractivity contribution in [2.75, 3.05) is 32.5 Å². The summed E-state index contributed by atoms with van der Waals surface area (Å²) >= 11 is 3.45. The molecule has 4 rings (SSSR count). The molecule has 2 N–H and O–H groups in total. The Labute approximate surface area is 214 Å². The summed E-state index contributed by atoms with van der Waals surface area (Å²) in [5.74, 6) is 1.42. The molecule has 0 radical (unpaired) electrons. The van der Waals surface area contributed by atoms with Crippen molar-refractivity contribution in [2.45, 2.75) is 42.5 Å². The van der Waals surface area contributed by atoms with E-state index in [1.807, 2.05) is 35.8 Å². The van der Waals surface area contributed by atoms with Crippen molar-refractivity contribution in [2.24, 2.45) is 11.8 Å². The Morgan fingerprint density at radius 2 is 2.17 bits per heavy atom. The predicted molar refractivity (Wildman–Crippen MR) is 140 cm³/mol. The maximum Gasteiger partial charge on any atom is 0.303 e. The minimum Gasteiger partial charge on any atom is -0.497 e. The lowest BCUT2D eigenvalue weighted by Gasteiger charge is -2.38. The topological polar surface area (TPSA) is 95.8 Å². The number of carboxylic acid groups (broad SMARTS) is 1. The molecule has 0 saturated carbocycles. The van der Waals surface area contributed by atoms with Crippen LogP contribution in [0.15, 0.2) is 46.4 Å². The van der Waals surface area contributed by atoms with Crippen LogP contribution in [0.1, 0.15) is 43.8 Å². The molecule has 1 saturated heterocycles. The predicted octanol–water partition coefficient (Wildman–Crippen LogP) is 5.11. The highest BCUT2D eigenvalue weighted by molar-refractivity contribution is 8.00. The van der Waals surface area contributed by atoms with Crippen molar-refractivity contribution in [1.29, 1.82) is 0 Å². The highest BCUT2D eigenvalue weighted by Gasteiger charge is 2.31. The van der Waals surface area contributed by atoms with Gasteiger partial charge in [-0.05, 0) is 80.4 Å². The second kappa shape index (κ2) is 12.7. The van der Waals surface area contributed by atoms with Crippen LogP contribution in [0.3, 0.4) is 0 Å². The number of methoxy groups -OCH3 is 1. The van der Waals surface area contributed by atoms with E-state index in [9.17, 15) is 15.0 Å². The Balaban J connectivity index is 1.32. The number of aliphatic hydroxyl groups excluding tert-OH is 1. The van der Waals surface area contributed by atoms with Gasteiger partial charge < -0.3 is 19.8 Å². The summed E-state index contributed by atoms with van der Waals surface area (Å²) in [6.45, 7) is 2.77. The van der Waals surface area contributed by atoms with Crippen molar-refractivity contribution in [3.8, 4) is 5.75 Å². The minimum absolute atomic E-state index is 0.106. The van der Waals surface area contributed by atoms with Crippen LogP contribution in [-0.2, 0) is 4.79 Å². The Morgan fingerprint density at radius 3 is 2.94 bits per heavy atom. The van der Waals surface area contributed by atoms with Gasteiger partial charge in [-0.2, -0.15) is 0 Å². The van der Waals surface area contributed by atoms with E-state index in [0.29, 0.717) is 12.3 Å².